The first-order valence-electron chi connectivity index (χ1n) is 6.31. The summed E-state index contributed by atoms with van der Waals surface area (Å²) in [5.41, 5.74) is 0.916. The fourth-order valence-electron chi connectivity index (χ4n) is 2.47. The van der Waals surface area contributed by atoms with Gasteiger partial charge in [-0.1, -0.05) is 0 Å². The summed E-state index contributed by atoms with van der Waals surface area (Å²) >= 11 is 0. The third-order valence-corrected chi connectivity index (χ3v) is 3.98. The second-order valence-corrected chi connectivity index (χ2v) is 6.73. The van der Waals surface area contributed by atoms with Crippen LogP contribution < -0.4 is 9.62 Å². The zero-order chi connectivity index (χ0) is 14.8. The molecule has 1 aromatic rings. The number of piperidine rings is 1. The molecule has 0 bridgehead atoms. The fraction of sp³-hybridized carbons (Fsp3) is 0.462. The van der Waals surface area contributed by atoms with Crippen LogP contribution in [0.15, 0.2) is 18.2 Å². The van der Waals surface area contributed by atoms with Crippen LogP contribution in [0.4, 0.5) is 10.1 Å². The SMILES string of the molecule is CS(=O)(=O)N[C@H]1CCCN(c2ccc(F)cc2C#N)C1. The van der Waals surface area contributed by atoms with E-state index < -0.39 is 15.8 Å². The van der Waals surface area contributed by atoms with Crippen molar-refractivity contribution in [3.05, 3.63) is 29.6 Å². The van der Waals surface area contributed by atoms with Gasteiger partial charge >= 0.3 is 0 Å². The van der Waals surface area contributed by atoms with Crippen LogP contribution in [-0.4, -0.2) is 33.8 Å². The second kappa shape index (κ2) is 5.77. The summed E-state index contributed by atoms with van der Waals surface area (Å²) in [7, 11) is -3.25. The smallest absolute Gasteiger partial charge is 0.209 e. The molecule has 1 saturated heterocycles. The van der Waals surface area contributed by atoms with Crippen molar-refractivity contribution in [2.24, 2.45) is 0 Å². The van der Waals surface area contributed by atoms with Crippen molar-refractivity contribution >= 4 is 15.7 Å². The Kier molecular flexibility index (Phi) is 4.26. The first kappa shape index (κ1) is 14.8. The molecule has 0 aliphatic carbocycles. The lowest BCUT2D eigenvalue weighted by Gasteiger charge is -2.34. The molecule has 5 nitrogen and oxygen atoms in total. The minimum Gasteiger partial charge on any atom is -0.369 e. The van der Waals surface area contributed by atoms with Crippen LogP contribution in [0.3, 0.4) is 0 Å². The van der Waals surface area contributed by atoms with Crippen molar-refractivity contribution in [1.82, 2.24) is 4.72 Å². The van der Waals surface area contributed by atoms with Gasteiger partial charge < -0.3 is 4.90 Å². The molecule has 108 valence electrons. The number of hydrogen-bond acceptors (Lipinski definition) is 4. The number of halogens is 1. The number of hydrogen-bond donors (Lipinski definition) is 1. The van der Waals surface area contributed by atoms with Crippen molar-refractivity contribution in [2.45, 2.75) is 18.9 Å². The number of benzene rings is 1. The van der Waals surface area contributed by atoms with E-state index in [4.69, 9.17) is 5.26 Å². The first-order valence-corrected chi connectivity index (χ1v) is 8.20. The maximum Gasteiger partial charge on any atom is 0.209 e. The number of nitrogens with zero attached hydrogens (tertiary/aromatic N) is 2. The van der Waals surface area contributed by atoms with Gasteiger partial charge in [-0.3, -0.25) is 0 Å². The van der Waals surface area contributed by atoms with E-state index in [1.807, 2.05) is 11.0 Å². The van der Waals surface area contributed by atoms with Crippen LogP contribution in [0.2, 0.25) is 0 Å². The summed E-state index contributed by atoms with van der Waals surface area (Å²) < 4.78 is 38.3. The Hall–Kier alpha value is -1.65. The van der Waals surface area contributed by atoms with E-state index in [1.54, 1.807) is 6.07 Å². The van der Waals surface area contributed by atoms with Crippen LogP contribution in [0.1, 0.15) is 18.4 Å². The normalized spacial score (nSPS) is 19.6. The zero-order valence-corrected chi connectivity index (χ0v) is 12.0. The van der Waals surface area contributed by atoms with Crippen molar-refractivity contribution < 1.29 is 12.8 Å². The molecule has 1 aromatic carbocycles. The molecule has 1 aliphatic rings. The van der Waals surface area contributed by atoms with Gasteiger partial charge in [0.2, 0.25) is 10.0 Å². The van der Waals surface area contributed by atoms with Gasteiger partial charge in [0.1, 0.15) is 11.9 Å². The minimum atomic E-state index is -3.25. The molecule has 1 fully saturated rings. The Morgan fingerprint density at radius 2 is 2.25 bits per heavy atom. The van der Waals surface area contributed by atoms with Gasteiger partial charge in [-0.15, -0.1) is 0 Å². The highest BCUT2D eigenvalue weighted by atomic mass is 32.2. The molecule has 1 aliphatic heterocycles. The largest absolute Gasteiger partial charge is 0.369 e. The van der Waals surface area contributed by atoms with Gasteiger partial charge in [-0.25, -0.2) is 17.5 Å². The summed E-state index contributed by atoms with van der Waals surface area (Å²) in [4.78, 5) is 1.92. The third-order valence-electron chi connectivity index (χ3n) is 3.22. The predicted molar refractivity (Wildman–Crippen MR) is 74.3 cm³/mol. The van der Waals surface area contributed by atoms with Gasteiger partial charge in [0, 0.05) is 19.1 Å². The summed E-state index contributed by atoms with van der Waals surface area (Å²) in [6.07, 6.45) is 2.70. The molecule has 0 unspecified atom stereocenters. The summed E-state index contributed by atoms with van der Waals surface area (Å²) in [5.74, 6) is -0.451. The Bertz CT molecular complexity index is 640. The Balaban J connectivity index is 2.19. The lowest BCUT2D eigenvalue weighted by Crippen LogP contribution is -2.47. The Morgan fingerprint density at radius 3 is 2.90 bits per heavy atom. The summed E-state index contributed by atoms with van der Waals surface area (Å²) in [5, 5.41) is 9.07. The molecule has 0 amide bonds. The average Bonchev–Trinajstić information content (AvgIpc) is 2.36. The van der Waals surface area contributed by atoms with E-state index in [1.165, 1.54) is 12.1 Å². The van der Waals surface area contributed by atoms with Gasteiger partial charge in [0.25, 0.3) is 0 Å². The predicted octanol–water partition coefficient (Wildman–Crippen LogP) is 1.22. The molecule has 1 heterocycles. The molecule has 0 spiro atoms. The van der Waals surface area contributed by atoms with Crippen LogP contribution in [0.25, 0.3) is 0 Å². The van der Waals surface area contributed by atoms with Crippen molar-refractivity contribution in [1.29, 1.82) is 5.26 Å². The number of nitrogens with one attached hydrogen (secondary N) is 1. The van der Waals surface area contributed by atoms with Gasteiger partial charge in [0.05, 0.1) is 17.5 Å². The van der Waals surface area contributed by atoms with Crippen molar-refractivity contribution in [3.8, 4) is 6.07 Å². The molecule has 0 radical (unpaired) electrons. The summed E-state index contributed by atoms with van der Waals surface area (Å²) in [6, 6.07) is 5.86. The lowest BCUT2D eigenvalue weighted by molar-refractivity contribution is 0.467. The Labute approximate surface area is 118 Å². The van der Waals surface area contributed by atoms with E-state index in [-0.39, 0.29) is 11.6 Å². The lowest BCUT2D eigenvalue weighted by atomic mass is 10.0. The van der Waals surface area contributed by atoms with Crippen LogP contribution >= 0.6 is 0 Å². The zero-order valence-electron chi connectivity index (χ0n) is 11.1. The van der Waals surface area contributed by atoms with Gasteiger partial charge in [0.15, 0.2) is 0 Å². The summed E-state index contributed by atoms with van der Waals surface area (Å²) in [6.45, 7) is 1.20. The van der Waals surface area contributed by atoms with E-state index in [9.17, 15) is 12.8 Å². The average molecular weight is 297 g/mol. The highest BCUT2D eigenvalue weighted by molar-refractivity contribution is 7.88. The third kappa shape index (κ3) is 3.68. The molecule has 20 heavy (non-hydrogen) atoms. The second-order valence-electron chi connectivity index (χ2n) is 4.95. The Morgan fingerprint density at radius 1 is 1.50 bits per heavy atom. The highest BCUT2D eigenvalue weighted by Gasteiger charge is 2.24. The van der Waals surface area contributed by atoms with Crippen LogP contribution in [0, 0.1) is 17.1 Å². The number of rotatable bonds is 3. The first-order chi connectivity index (χ1) is 9.39. The molecule has 0 aromatic heterocycles. The topological polar surface area (TPSA) is 73.2 Å². The number of anilines is 1. The van der Waals surface area contributed by atoms with Gasteiger partial charge in [-0.05, 0) is 31.0 Å². The standard InChI is InChI=1S/C13H16FN3O2S/c1-20(18,19)16-12-3-2-6-17(9-12)13-5-4-11(14)7-10(13)8-15/h4-5,7,12,16H,2-3,6,9H2,1H3/t12-/m0/s1. The van der Waals surface area contributed by atoms with E-state index in [0.717, 1.165) is 25.6 Å². The molecule has 0 saturated carbocycles. The fourth-order valence-corrected chi connectivity index (χ4v) is 3.27. The van der Waals surface area contributed by atoms with Crippen LogP contribution in [-0.2, 0) is 10.0 Å². The van der Waals surface area contributed by atoms with E-state index >= 15 is 0 Å². The monoisotopic (exact) mass is 297 g/mol. The molecular weight excluding hydrogens is 281 g/mol. The van der Waals surface area contributed by atoms with Crippen molar-refractivity contribution in [2.75, 3.05) is 24.2 Å². The van der Waals surface area contributed by atoms with Gasteiger partial charge in [-0.2, -0.15) is 5.26 Å². The maximum atomic E-state index is 13.1. The molecule has 1 atom stereocenters. The number of sulfonamides is 1. The number of nitriles is 1. The quantitative estimate of drug-likeness (QED) is 0.910. The molecular formula is C13H16FN3O2S. The molecule has 1 N–H and O–H groups in total. The molecule has 7 heteroatoms. The molecule has 2 rings (SSSR count). The highest BCUT2D eigenvalue weighted by Crippen LogP contribution is 2.24. The van der Waals surface area contributed by atoms with E-state index in [2.05, 4.69) is 4.72 Å². The minimum absolute atomic E-state index is 0.185. The van der Waals surface area contributed by atoms with Crippen molar-refractivity contribution in [3.63, 3.8) is 0 Å². The van der Waals surface area contributed by atoms with E-state index in [0.29, 0.717) is 12.2 Å². The maximum absolute atomic E-state index is 13.1. The van der Waals surface area contributed by atoms with Crippen LogP contribution in [0.5, 0.6) is 0 Å².